The molecule has 6 heteroatoms. The molecule has 2 saturated carbocycles. The summed E-state index contributed by atoms with van der Waals surface area (Å²) >= 11 is 1.53. The van der Waals surface area contributed by atoms with E-state index in [1.54, 1.807) is 0 Å². The van der Waals surface area contributed by atoms with Crippen LogP contribution in [0.4, 0.5) is 0 Å². The molecule has 4 aliphatic carbocycles. The van der Waals surface area contributed by atoms with Crippen LogP contribution in [-0.2, 0) is 14.4 Å². The van der Waals surface area contributed by atoms with Crippen LogP contribution in [0.25, 0.3) is 0 Å². The summed E-state index contributed by atoms with van der Waals surface area (Å²) in [5.41, 5.74) is 0. The Hall–Kier alpha value is -1.30. The van der Waals surface area contributed by atoms with E-state index in [1.165, 1.54) is 11.8 Å². The first kappa shape index (κ1) is 14.3. The average Bonchev–Trinajstić information content (AvgIpc) is 3.27. The van der Waals surface area contributed by atoms with Crippen molar-refractivity contribution in [2.45, 2.75) is 18.9 Å². The van der Waals surface area contributed by atoms with E-state index >= 15 is 0 Å². The first-order chi connectivity index (χ1) is 10.6. The molecule has 1 heterocycles. The van der Waals surface area contributed by atoms with Crippen molar-refractivity contribution in [1.82, 2.24) is 4.90 Å². The number of nitrogens with zero attached hydrogens (tertiary/aromatic N) is 1. The van der Waals surface area contributed by atoms with Gasteiger partial charge in [-0.3, -0.25) is 14.5 Å². The second-order valence-corrected chi connectivity index (χ2v) is 7.82. The Bertz CT molecular complexity index is 553. The summed E-state index contributed by atoms with van der Waals surface area (Å²) in [6.07, 6.45) is 7.54. The molecule has 7 atom stereocenters. The van der Waals surface area contributed by atoms with Gasteiger partial charge in [-0.25, -0.2) is 4.79 Å². The van der Waals surface area contributed by atoms with Gasteiger partial charge in [-0.1, -0.05) is 12.2 Å². The minimum absolute atomic E-state index is 0.149. The summed E-state index contributed by atoms with van der Waals surface area (Å²) in [5.74, 6) is -0.150. The molecule has 1 N–H and O–H groups in total. The fourth-order valence-corrected chi connectivity index (χ4v) is 5.34. The van der Waals surface area contributed by atoms with Crippen LogP contribution in [-0.4, -0.2) is 45.8 Å². The third-order valence-corrected chi connectivity index (χ3v) is 6.53. The van der Waals surface area contributed by atoms with Crippen LogP contribution < -0.4 is 0 Å². The summed E-state index contributed by atoms with van der Waals surface area (Å²) in [5, 5.41) is 9.47. The highest BCUT2D eigenvalue weighted by molar-refractivity contribution is 7.98. The van der Waals surface area contributed by atoms with E-state index in [-0.39, 0.29) is 35.5 Å². The highest BCUT2D eigenvalue weighted by Gasteiger charge is 2.67. The lowest BCUT2D eigenvalue weighted by atomic mass is 9.63. The minimum atomic E-state index is -1.07. The number of rotatable bonds is 5. The summed E-state index contributed by atoms with van der Waals surface area (Å²) in [7, 11) is 0. The second kappa shape index (κ2) is 4.85. The molecule has 0 aromatic carbocycles. The van der Waals surface area contributed by atoms with Crippen molar-refractivity contribution < 1.29 is 19.5 Å². The summed E-state index contributed by atoms with van der Waals surface area (Å²) in [6, 6.07) is -1.01. The Kier molecular flexibility index (Phi) is 3.15. The Morgan fingerprint density at radius 3 is 2.27 bits per heavy atom. The number of carbonyl (C=O) groups is 3. The number of carboxylic acids is 1. The number of imide groups is 1. The zero-order chi connectivity index (χ0) is 15.6. The van der Waals surface area contributed by atoms with E-state index < -0.39 is 12.0 Å². The summed E-state index contributed by atoms with van der Waals surface area (Å²) < 4.78 is 0. The molecule has 0 spiro atoms. The summed E-state index contributed by atoms with van der Waals surface area (Å²) in [6.45, 7) is 0. The van der Waals surface area contributed by atoms with Crippen LogP contribution in [0.5, 0.6) is 0 Å². The number of amides is 2. The maximum absolute atomic E-state index is 12.8. The van der Waals surface area contributed by atoms with E-state index in [9.17, 15) is 19.5 Å². The van der Waals surface area contributed by atoms with Gasteiger partial charge in [0.2, 0.25) is 11.8 Å². The molecule has 118 valence electrons. The standard InChI is InChI=1S/C16H19NO4S/c1-22-5-4-11(16(20)21)17-14(18)12-7-2-3-8(10-6-9(7)10)13(12)15(17)19/h2-3,7-13H,4-6H2,1H3,(H,20,21). The van der Waals surface area contributed by atoms with Crippen molar-refractivity contribution in [1.29, 1.82) is 0 Å². The van der Waals surface area contributed by atoms with Crippen molar-refractivity contribution in [3.63, 3.8) is 0 Å². The highest BCUT2D eigenvalue weighted by Crippen LogP contribution is 2.65. The van der Waals surface area contributed by atoms with E-state index in [0.29, 0.717) is 24.0 Å². The molecule has 7 unspecified atom stereocenters. The van der Waals surface area contributed by atoms with Gasteiger partial charge in [0.1, 0.15) is 6.04 Å². The van der Waals surface area contributed by atoms with Gasteiger partial charge in [0.15, 0.2) is 0 Å². The molecule has 0 radical (unpaired) electrons. The third kappa shape index (κ3) is 1.76. The van der Waals surface area contributed by atoms with Gasteiger partial charge >= 0.3 is 5.97 Å². The van der Waals surface area contributed by atoms with E-state index in [0.717, 1.165) is 11.3 Å². The lowest BCUT2D eigenvalue weighted by Gasteiger charge is -2.37. The Morgan fingerprint density at radius 2 is 1.82 bits per heavy atom. The van der Waals surface area contributed by atoms with Gasteiger partial charge in [-0.15, -0.1) is 0 Å². The number of thioether (sulfide) groups is 1. The van der Waals surface area contributed by atoms with Crippen LogP contribution >= 0.6 is 11.8 Å². The SMILES string of the molecule is CSCCC(C(=O)O)N1C(=O)C2C3C=CC(C4CC34)C2C1=O. The molecule has 1 saturated heterocycles. The zero-order valence-corrected chi connectivity index (χ0v) is 13.2. The first-order valence-corrected chi connectivity index (χ1v) is 9.22. The largest absolute Gasteiger partial charge is 0.480 e. The molecule has 22 heavy (non-hydrogen) atoms. The number of hydrogen-bond acceptors (Lipinski definition) is 4. The average molecular weight is 321 g/mol. The quantitative estimate of drug-likeness (QED) is 0.609. The predicted molar refractivity (Wildman–Crippen MR) is 81.0 cm³/mol. The van der Waals surface area contributed by atoms with Crippen LogP contribution in [0.15, 0.2) is 12.2 Å². The van der Waals surface area contributed by atoms with Gasteiger partial charge in [0.25, 0.3) is 0 Å². The van der Waals surface area contributed by atoms with Gasteiger partial charge < -0.3 is 5.11 Å². The number of likely N-dealkylation sites (tertiary alicyclic amines) is 1. The molecule has 3 fully saturated rings. The van der Waals surface area contributed by atoms with Crippen molar-refractivity contribution >= 4 is 29.5 Å². The van der Waals surface area contributed by atoms with Crippen LogP contribution in [0, 0.1) is 35.5 Å². The van der Waals surface area contributed by atoms with Crippen LogP contribution in [0.1, 0.15) is 12.8 Å². The van der Waals surface area contributed by atoms with Crippen molar-refractivity contribution in [3.8, 4) is 0 Å². The number of aliphatic carboxylic acids is 1. The van der Waals surface area contributed by atoms with Crippen molar-refractivity contribution in [2.24, 2.45) is 35.5 Å². The van der Waals surface area contributed by atoms with Crippen LogP contribution in [0.3, 0.4) is 0 Å². The highest BCUT2D eigenvalue weighted by atomic mass is 32.2. The molecule has 5 aliphatic rings. The number of allylic oxidation sites excluding steroid dienone is 2. The molecular formula is C16H19NO4S. The van der Waals surface area contributed by atoms with Crippen LogP contribution in [0.2, 0.25) is 0 Å². The lowest BCUT2D eigenvalue weighted by Crippen LogP contribution is -2.46. The normalized spacial score (nSPS) is 42.3. The second-order valence-electron chi connectivity index (χ2n) is 6.84. The van der Waals surface area contributed by atoms with Crippen molar-refractivity contribution in [3.05, 3.63) is 12.2 Å². The van der Waals surface area contributed by atoms with E-state index in [1.807, 2.05) is 6.26 Å². The minimum Gasteiger partial charge on any atom is -0.480 e. The van der Waals surface area contributed by atoms with Crippen molar-refractivity contribution in [2.75, 3.05) is 12.0 Å². The maximum atomic E-state index is 12.8. The van der Waals surface area contributed by atoms with Gasteiger partial charge in [-0.05, 0) is 48.5 Å². The van der Waals surface area contributed by atoms with Gasteiger partial charge in [-0.2, -0.15) is 11.8 Å². The molecule has 0 aromatic heterocycles. The number of carbonyl (C=O) groups excluding carboxylic acids is 2. The fourth-order valence-electron chi connectivity index (χ4n) is 4.88. The smallest absolute Gasteiger partial charge is 0.326 e. The van der Waals surface area contributed by atoms with Gasteiger partial charge in [0, 0.05) is 0 Å². The molecule has 5 nitrogen and oxygen atoms in total. The van der Waals surface area contributed by atoms with E-state index in [4.69, 9.17) is 0 Å². The van der Waals surface area contributed by atoms with Gasteiger partial charge in [0.05, 0.1) is 11.8 Å². The number of carboxylic acid groups (broad SMARTS) is 1. The first-order valence-electron chi connectivity index (χ1n) is 7.83. The topological polar surface area (TPSA) is 74.7 Å². The molecular weight excluding hydrogens is 302 g/mol. The summed E-state index contributed by atoms with van der Waals surface area (Å²) in [4.78, 5) is 38.3. The Balaban J connectivity index is 1.65. The van der Waals surface area contributed by atoms with E-state index in [2.05, 4.69) is 12.2 Å². The monoisotopic (exact) mass is 321 g/mol. The zero-order valence-electron chi connectivity index (χ0n) is 12.3. The fraction of sp³-hybridized carbons (Fsp3) is 0.688. The Morgan fingerprint density at radius 1 is 1.27 bits per heavy atom. The lowest BCUT2D eigenvalue weighted by molar-refractivity contribution is -0.155. The Labute approximate surface area is 133 Å². The molecule has 2 amide bonds. The molecule has 1 aliphatic heterocycles. The number of hydrogen-bond donors (Lipinski definition) is 1. The predicted octanol–water partition coefficient (Wildman–Crippen LogP) is 1.25. The molecule has 2 bridgehead atoms. The third-order valence-electron chi connectivity index (χ3n) is 5.89. The molecule has 0 aromatic rings. The molecule has 5 rings (SSSR count). The maximum Gasteiger partial charge on any atom is 0.326 e.